The number of aromatic nitrogens is 1. The van der Waals surface area contributed by atoms with Crippen molar-refractivity contribution in [2.24, 2.45) is 0 Å². The molecule has 2 aromatic heterocycles. The summed E-state index contributed by atoms with van der Waals surface area (Å²) in [4.78, 5) is 5.81. The van der Waals surface area contributed by atoms with Crippen LogP contribution in [0.25, 0.3) is 10.9 Å². The Morgan fingerprint density at radius 2 is 2.05 bits per heavy atom. The van der Waals surface area contributed by atoms with Crippen molar-refractivity contribution in [2.75, 3.05) is 5.32 Å². The molecule has 2 nitrogen and oxygen atoms in total. The minimum atomic E-state index is 0.216. The van der Waals surface area contributed by atoms with E-state index in [-0.39, 0.29) is 6.04 Å². The molecule has 0 saturated heterocycles. The van der Waals surface area contributed by atoms with E-state index in [0.717, 1.165) is 27.2 Å². The van der Waals surface area contributed by atoms with Gasteiger partial charge in [-0.05, 0) is 61.5 Å². The highest BCUT2D eigenvalue weighted by molar-refractivity contribution is 7.10. The minimum Gasteiger partial charge on any atom is -0.376 e. The maximum absolute atomic E-state index is 6.47. The van der Waals surface area contributed by atoms with E-state index in [2.05, 4.69) is 41.7 Å². The Morgan fingerprint density at radius 3 is 2.76 bits per heavy atom. The molecule has 3 rings (SSSR count). The largest absolute Gasteiger partial charge is 0.376 e. The maximum atomic E-state index is 6.47. The van der Waals surface area contributed by atoms with Crippen molar-refractivity contribution in [3.8, 4) is 0 Å². The van der Waals surface area contributed by atoms with Crippen molar-refractivity contribution in [3.63, 3.8) is 0 Å². The van der Waals surface area contributed by atoms with Gasteiger partial charge in [-0.3, -0.25) is 4.98 Å². The molecule has 1 atom stereocenters. The second-order valence-corrected chi connectivity index (χ2v) is 6.64. The summed E-state index contributed by atoms with van der Waals surface area (Å²) in [5, 5.41) is 7.50. The normalized spacial score (nSPS) is 12.6. The van der Waals surface area contributed by atoms with Gasteiger partial charge >= 0.3 is 0 Å². The van der Waals surface area contributed by atoms with Crippen molar-refractivity contribution < 1.29 is 0 Å². The fraction of sp³-hybridized carbons (Fsp3) is 0.235. The molecule has 0 amide bonds. The molecule has 1 unspecified atom stereocenters. The van der Waals surface area contributed by atoms with Crippen LogP contribution in [0.15, 0.2) is 35.8 Å². The van der Waals surface area contributed by atoms with E-state index in [1.54, 1.807) is 11.3 Å². The van der Waals surface area contributed by atoms with E-state index in [9.17, 15) is 0 Å². The molecule has 21 heavy (non-hydrogen) atoms. The molecule has 2 heterocycles. The number of hydrogen-bond donors (Lipinski definition) is 1. The van der Waals surface area contributed by atoms with Crippen LogP contribution in [0.1, 0.15) is 29.0 Å². The molecular formula is C17H17ClN2S. The zero-order valence-electron chi connectivity index (χ0n) is 12.3. The number of fused-ring (bicyclic) bond motifs is 1. The third-order valence-electron chi connectivity index (χ3n) is 3.69. The highest BCUT2D eigenvalue weighted by Crippen LogP contribution is 2.36. The summed E-state index contributed by atoms with van der Waals surface area (Å²) in [5.74, 6) is 0. The molecule has 0 saturated carbocycles. The fourth-order valence-corrected chi connectivity index (χ4v) is 3.89. The number of nitrogens with one attached hydrogen (secondary N) is 1. The van der Waals surface area contributed by atoms with Crippen molar-refractivity contribution in [1.82, 2.24) is 4.98 Å². The van der Waals surface area contributed by atoms with Crippen LogP contribution in [-0.4, -0.2) is 4.98 Å². The molecule has 0 radical (unpaired) electrons. The lowest BCUT2D eigenvalue weighted by atomic mass is 10.1. The van der Waals surface area contributed by atoms with Crippen LogP contribution in [0.3, 0.4) is 0 Å². The lowest BCUT2D eigenvalue weighted by Gasteiger charge is -2.18. The quantitative estimate of drug-likeness (QED) is 0.666. The molecule has 108 valence electrons. The van der Waals surface area contributed by atoms with E-state index < -0.39 is 0 Å². The second-order valence-electron chi connectivity index (χ2n) is 5.28. The van der Waals surface area contributed by atoms with Crippen molar-refractivity contribution in [1.29, 1.82) is 0 Å². The van der Waals surface area contributed by atoms with Gasteiger partial charge in [-0.2, -0.15) is 0 Å². The summed E-state index contributed by atoms with van der Waals surface area (Å²) in [5.41, 5.74) is 4.37. The number of halogens is 1. The number of hydrogen-bond acceptors (Lipinski definition) is 3. The van der Waals surface area contributed by atoms with E-state index in [1.165, 1.54) is 10.4 Å². The first-order valence-electron chi connectivity index (χ1n) is 6.92. The van der Waals surface area contributed by atoms with Crippen LogP contribution < -0.4 is 5.32 Å². The lowest BCUT2D eigenvalue weighted by molar-refractivity contribution is 0.901. The highest BCUT2D eigenvalue weighted by Gasteiger charge is 2.15. The summed E-state index contributed by atoms with van der Waals surface area (Å²) in [7, 11) is 0. The molecule has 4 heteroatoms. The second kappa shape index (κ2) is 5.66. The number of aryl methyl sites for hydroxylation is 2. The van der Waals surface area contributed by atoms with Crippen LogP contribution in [0.2, 0.25) is 5.02 Å². The van der Waals surface area contributed by atoms with Gasteiger partial charge in [-0.15, -0.1) is 11.3 Å². The van der Waals surface area contributed by atoms with Crippen LogP contribution in [0.4, 0.5) is 5.69 Å². The molecule has 0 spiro atoms. The Morgan fingerprint density at radius 1 is 1.24 bits per heavy atom. The summed E-state index contributed by atoms with van der Waals surface area (Å²) in [6.45, 7) is 6.34. The zero-order chi connectivity index (χ0) is 15.0. The molecule has 0 fully saturated rings. The van der Waals surface area contributed by atoms with Gasteiger partial charge in [-0.1, -0.05) is 11.6 Å². The van der Waals surface area contributed by atoms with Gasteiger partial charge < -0.3 is 5.32 Å². The molecule has 0 aliphatic rings. The minimum absolute atomic E-state index is 0.216. The van der Waals surface area contributed by atoms with Gasteiger partial charge in [0.1, 0.15) is 0 Å². The highest BCUT2D eigenvalue weighted by atomic mass is 35.5. The van der Waals surface area contributed by atoms with E-state index >= 15 is 0 Å². The first-order chi connectivity index (χ1) is 10.1. The first-order valence-corrected chi connectivity index (χ1v) is 8.18. The first kappa shape index (κ1) is 14.4. The number of benzene rings is 1. The van der Waals surface area contributed by atoms with E-state index in [0.29, 0.717) is 0 Å². The Balaban J connectivity index is 2.07. The standard InChI is InChI=1S/C17H17ClN2S/c1-10-6-8-21-17(10)12(3)20-16-13-5-4-7-19-15(13)11(2)9-14(16)18/h4-9,12,20H,1-3H3. The van der Waals surface area contributed by atoms with Crippen LogP contribution >= 0.6 is 22.9 Å². The number of rotatable bonds is 3. The molecule has 1 N–H and O–H groups in total. The maximum Gasteiger partial charge on any atom is 0.0752 e. The van der Waals surface area contributed by atoms with Crippen LogP contribution in [-0.2, 0) is 0 Å². The summed E-state index contributed by atoms with van der Waals surface area (Å²) >= 11 is 8.24. The van der Waals surface area contributed by atoms with E-state index in [4.69, 9.17) is 11.6 Å². The van der Waals surface area contributed by atoms with Crippen molar-refractivity contribution >= 4 is 39.5 Å². The third-order valence-corrected chi connectivity index (χ3v) is 5.19. The van der Waals surface area contributed by atoms with Gasteiger partial charge in [0.2, 0.25) is 0 Å². The Labute approximate surface area is 133 Å². The molecule has 0 aliphatic heterocycles. The Bertz CT molecular complexity index is 795. The lowest BCUT2D eigenvalue weighted by Crippen LogP contribution is -2.07. The van der Waals surface area contributed by atoms with Gasteiger partial charge in [-0.25, -0.2) is 0 Å². The topological polar surface area (TPSA) is 24.9 Å². The van der Waals surface area contributed by atoms with Crippen molar-refractivity contribution in [3.05, 3.63) is 56.9 Å². The van der Waals surface area contributed by atoms with Gasteiger partial charge in [0.25, 0.3) is 0 Å². The average Bonchev–Trinajstić information content (AvgIpc) is 2.89. The number of anilines is 1. The molecular weight excluding hydrogens is 300 g/mol. The summed E-state index contributed by atoms with van der Waals surface area (Å²) < 4.78 is 0. The number of pyridine rings is 1. The van der Waals surface area contributed by atoms with Crippen LogP contribution in [0.5, 0.6) is 0 Å². The average molecular weight is 317 g/mol. The van der Waals surface area contributed by atoms with E-state index in [1.807, 2.05) is 25.3 Å². The van der Waals surface area contributed by atoms with Crippen LogP contribution in [0, 0.1) is 13.8 Å². The van der Waals surface area contributed by atoms with Gasteiger partial charge in [0, 0.05) is 16.5 Å². The molecule has 0 aliphatic carbocycles. The zero-order valence-corrected chi connectivity index (χ0v) is 13.8. The SMILES string of the molecule is Cc1ccsc1C(C)Nc1c(Cl)cc(C)c2ncccc12. The monoisotopic (exact) mass is 316 g/mol. The molecule has 1 aromatic carbocycles. The van der Waals surface area contributed by atoms with Gasteiger partial charge in [0.15, 0.2) is 0 Å². The molecule has 0 bridgehead atoms. The third kappa shape index (κ3) is 2.63. The Kier molecular flexibility index (Phi) is 3.87. The Hall–Kier alpha value is -1.58. The smallest absolute Gasteiger partial charge is 0.0752 e. The summed E-state index contributed by atoms with van der Waals surface area (Å²) in [6.07, 6.45) is 1.82. The summed E-state index contributed by atoms with van der Waals surface area (Å²) in [6, 6.07) is 8.36. The molecule has 3 aromatic rings. The van der Waals surface area contributed by atoms with Gasteiger partial charge in [0.05, 0.1) is 22.3 Å². The van der Waals surface area contributed by atoms with Crippen molar-refractivity contribution in [2.45, 2.75) is 26.8 Å². The number of thiophene rings is 1. The predicted molar refractivity (Wildman–Crippen MR) is 92.6 cm³/mol. The number of nitrogens with zero attached hydrogens (tertiary/aromatic N) is 1. The fourth-order valence-electron chi connectivity index (χ4n) is 2.64. The predicted octanol–water partition coefficient (Wildman–Crippen LogP) is 5.74.